The summed E-state index contributed by atoms with van der Waals surface area (Å²) in [4.78, 5) is 24.7. The van der Waals surface area contributed by atoms with Crippen LogP contribution in [0.5, 0.6) is 0 Å². The van der Waals surface area contributed by atoms with E-state index in [1.807, 2.05) is 26.8 Å². The fourth-order valence-corrected chi connectivity index (χ4v) is 17.0. The van der Waals surface area contributed by atoms with E-state index in [2.05, 4.69) is 92.9 Å². The Kier molecular flexibility index (Phi) is 12.8. The molecule has 8 aliphatic carbocycles. The molecule has 0 aromatic rings. The van der Waals surface area contributed by atoms with E-state index in [9.17, 15) is 14.7 Å². The van der Waals surface area contributed by atoms with Crippen molar-refractivity contribution in [2.24, 2.45) is 74.4 Å². The number of esters is 1. The van der Waals surface area contributed by atoms with E-state index in [-0.39, 0.29) is 39.5 Å². The van der Waals surface area contributed by atoms with E-state index in [4.69, 9.17) is 9.16 Å². The summed E-state index contributed by atoms with van der Waals surface area (Å²) in [6, 6.07) is 0. The Morgan fingerprint density at radius 2 is 1.30 bits per heavy atom. The van der Waals surface area contributed by atoms with Gasteiger partial charge in [0.25, 0.3) is 0 Å². The third kappa shape index (κ3) is 8.16. The number of hydrogen-bond acceptors (Lipinski definition) is 5. The number of carbonyl (C=O) groups excluding carboxylic acids is 2. The van der Waals surface area contributed by atoms with E-state index < -0.39 is 13.7 Å². The number of carbonyl (C=O) groups is 2. The van der Waals surface area contributed by atoms with E-state index >= 15 is 0 Å². The maximum absolute atomic E-state index is 12.5. The third-order valence-corrected chi connectivity index (χ3v) is 24.8. The Balaban J connectivity index is 0.000000184. The molecule has 61 heavy (non-hydrogen) atoms. The van der Waals surface area contributed by atoms with Crippen LogP contribution in [0.3, 0.4) is 0 Å². The Labute approximate surface area is 373 Å². The molecule has 5 nitrogen and oxygen atoms in total. The number of aliphatic hydroxyl groups is 1. The Bertz CT molecular complexity index is 1760. The van der Waals surface area contributed by atoms with Crippen LogP contribution in [-0.4, -0.2) is 43.5 Å². The SMILES string of the molecule is C=CC[C@@H]1CC2=CC(=O)CC[C@]2(C)C2CC[C@@]3(C)C(CC[C@@H]3O[Si](C)(C)C(C)(C)C)C21.C=CC[C@@H]1CC2=C[C@@H](OC(=O)C(C)(C)C)CC[C@]2(C)C2CC[C@@]3(C)C(CC[C@@H]3O)C21. The highest BCUT2D eigenvalue weighted by Crippen LogP contribution is 2.69. The van der Waals surface area contributed by atoms with Gasteiger partial charge in [-0.3, -0.25) is 9.59 Å². The summed E-state index contributed by atoms with van der Waals surface area (Å²) < 4.78 is 13.0. The predicted molar refractivity (Wildman–Crippen MR) is 253 cm³/mol. The molecular formula is C55H88O5Si. The predicted octanol–water partition coefficient (Wildman–Crippen LogP) is 13.8. The summed E-state index contributed by atoms with van der Waals surface area (Å²) >= 11 is 0. The lowest BCUT2D eigenvalue weighted by Gasteiger charge is -2.60. The van der Waals surface area contributed by atoms with Crippen molar-refractivity contribution in [1.82, 2.24) is 0 Å². The molecule has 15 atom stereocenters. The van der Waals surface area contributed by atoms with Gasteiger partial charge in [0.2, 0.25) is 0 Å². The molecular weight excluding hydrogens is 769 g/mol. The summed E-state index contributed by atoms with van der Waals surface area (Å²) in [6.07, 6.45) is 26.6. The molecule has 0 amide bonds. The van der Waals surface area contributed by atoms with Gasteiger partial charge >= 0.3 is 5.97 Å². The van der Waals surface area contributed by atoms with Crippen molar-refractivity contribution in [2.45, 2.75) is 208 Å². The second kappa shape index (κ2) is 16.6. The van der Waals surface area contributed by atoms with Crippen molar-refractivity contribution in [3.05, 3.63) is 48.6 Å². The van der Waals surface area contributed by atoms with Gasteiger partial charge in [0.05, 0.1) is 17.6 Å². The first-order valence-electron chi connectivity index (χ1n) is 25.1. The topological polar surface area (TPSA) is 72.8 Å². The van der Waals surface area contributed by atoms with Crippen LogP contribution >= 0.6 is 0 Å². The molecule has 8 aliphatic rings. The quantitative estimate of drug-likeness (QED) is 0.157. The highest BCUT2D eigenvalue weighted by Gasteiger charge is 2.63. The highest BCUT2D eigenvalue weighted by molar-refractivity contribution is 6.74. The Hall–Kier alpha value is -1.76. The van der Waals surface area contributed by atoms with E-state index in [1.54, 1.807) is 0 Å². The van der Waals surface area contributed by atoms with Gasteiger partial charge in [-0.2, -0.15) is 0 Å². The van der Waals surface area contributed by atoms with Crippen molar-refractivity contribution >= 4 is 20.1 Å². The maximum Gasteiger partial charge on any atom is 0.311 e. The summed E-state index contributed by atoms with van der Waals surface area (Å²) in [5.74, 6) is 5.69. The molecule has 6 heteroatoms. The van der Waals surface area contributed by atoms with Crippen LogP contribution in [0.4, 0.5) is 0 Å². The molecule has 0 aromatic heterocycles. The zero-order valence-electron chi connectivity index (χ0n) is 41.0. The van der Waals surface area contributed by atoms with Crippen molar-refractivity contribution in [3.8, 4) is 0 Å². The fraction of sp³-hybridized carbons (Fsp3) is 0.818. The number of fused-ring (bicyclic) bond motifs is 10. The summed E-state index contributed by atoms with van der Waals surface area (Å²) in [7, 11) is -1.78. The van der Waals surface area contributed by atoms with E-state index in [0.717, 1.165) is 82.0 Å². The first-order valence-corrected chi connectivity index (χ1v) is 28.0. The molecule has 0 spiro atoms. The minimum Gasteiger partial charge on any atom is -0.458 e. The second-order valence-corrected chi connectivity index (χ2v) is 30.3. The van der Waals surface area contributed by atoms with E-state index in [1.165, 1.54) is 49.7 Å². The first kappa shape index (κ1) is 47.2. The number of ether oxygens (including phenoxy) is 1. The number of aliphatic hydroxyl groups excluding tert-OH is 1. The van der Waals surface area contributed by atoms with Crippen molar-refractivity contribution in [3.63, 3.8) is 0 Å². The summed E-state index contributed by atoms with van der Waals surface area (Å²) in [5, 5.41) is 11.1. The number of allylic oxidation sites excluding steroid dienone is 4. The van der Waals surface area contributed by atoms with Crippen molar-refractivity contribution < 1.29 is 23.9 Å². The number of hydrogen-bond donors (Lipinski definition) is 1. The Morgan fingerprint density at radius 1 is 0.754 bits per heavy atom. The molecule has 0 saturated heterocycles. The van der Waals surface area contributed by atoms with Crippen molar-refractivity contribution in [2.75, 3.05) is 0 Å². The van der Waals surface area contributed by atoms with E-state index in [0.29, 0.717) is 46.9 Å². The van der Waals surface area contributed by atoms with Gasteiger partial charge in [0.15, 0.2) is 14.1 Å². The normalized spacial score (nSPS) is 44.3. The van der Waals surface area contributed by atoms with Gasteiger partial charge in [-0.1, -0.05) is 71.8 Å². The van der Waals surface area contributed by atoms with Crippen LogP contribution in [-0.2, 0) is 18.8 Å². The van der Waals surface area contributed by atoms with Crippen LogP contribution in [0.2, 0.25) is 18.1 Å². The smallest absolute Gasteiger partial charge is 0.311 e. The minimum atomic E-state index is -1.78. The molecule has 6 fully saturated rings. The van der Waals surface area contributed by atoms with Crippen LogP contribution in [0.15, 0.2) is 48.6 Å². The zero-order chi connectivity index (χ0) is 44.7. The minimum absolute atomic E-state index is 0.0807. The van der Waals surface area contributed by atoms with Crippen LogP contribution in [0.25, 0.3) is 0 Å². The fourth-order valence-electron chi connectivity index (χ4n) is 15.5. The average Bonchev–Trinajstić information content (AvgIpc) is 3.66. The molecule has 1 N–H and O–H groups in total. The van der Waals surface area contributed by atoms with Gasteiger partial charge in [0, 0.05) is 6.42 Å². The van der Waals surface area contributed by atoms with Crippen LogP contribution in [0.1, 0.15) is 172 Å². The highest BCUT2D eigenvalue weighted by atomic mass is 28.4. The zero-order valence-corrected chi connectivity index (χ0v) is 42.0. The molecule has 0 aromatic carbocycles. The molecule has 0 aliphatic heterocycles. The number of rotatable bonds is 7. The van der Waals surface area contributed by atoms with Crippen LogP contribution in [0, 0.1) is 74.4 Å². The molecule has 342 valence electrons. The molecule has 0 radical (unpaired) electrons. The molecule has 8 rings (SSSR count). The molecule has 0 bridgehead atoms. The lowest BCUT2D eigenvalue weighted by Crippen LogP contribution is -2.55. The summed E-state index contributed by atoms with van der Waals surface area (Å²) in [5.41, 5.74) is 3.37. The molecule has 6 unspecified atom stereocenters. The lowest BCUT2D eigenvalue weighted by molar-refractivity contribution is -0.158. The Morgan fingerprint density at radius 3 is 1.87 bits per heavy atom. The van der Waals surface area contributed by atoms with Crippen molar-refractivity contribution in [1.29, 1.82) is 0 Å². The van der Waals surface area contributed by atoms with Gasteiger partial charge in [-0.05, 0) is 216 Å². The van der Waals surface area contributed by atoms with Gasteiger partial charge < -0.3 is 14.3 Å². The average molecular weight is 857 g/mol. The second-order valence-electron chi connectivity index (χ2n) is 25.6. The maximum atomic E-state index is 12.5. The van der Waals surface area contributed by atoms with Crippen LogP contribution < -0.4 is 0 Å². The standard InChI is InChI=1S/C28H46O2Si.C27H42O3/c1-9-10-19-17-20-18-21(29)13-15-27(20,5)23-14-16-28(6)22(25(19)23)11-12-24(28)30-31(7,8)26(2,3)4;1-7-8-17-15-18-16-19(30-24(29)25(2,3)4)11-13-26(18,5)21-12-14-27(6)20(23(17)21)9-10-22(27)28/h9,18-19,22-25H,1,10-17H2,2-8H3;7,16-17,19-23,28H,1,8-15H2,2-6H3/t19-,22?,23?,24+,25?,27+,28+;17-,19+,20?,21?,22+,23?,26+,27+/m11/s1. The largest absolute Gasteiger partial charge is 0.458 e. The third-order valence-electron chi connectivity index (χ3n) is 20.3. The van der Waals surface area contributed by atoms with Gasteiger partial charge in [-0.25, -0.2) is 0 Å². The lowest BCUT2D eigenvalue weighted by atomic mass is 9.44. The van der Waals surface area contributed by atoms with Gasteiger partial charge in [0.1, 0.15) is 6.10 Å². The number of ketones is 1. The molecule has 0 heterocycles. The first-order chi connectivity index (χ1) is 28.3. The van der Waals surface area contributed by atoms with Gasteiger partial charge in [-0.15, -0.1) is 13.2 Å². The summed E-state index contributed by atoms with van der Waals surface area (Å²) in [6.45, 7) is 35.8. The monoisotopic (exact) mass is 857 g/mol. The molecule has 6 saturated carbocycles.